The highest BCUT2D eigenvalue weighted by Crippen LogP contribution is 2.45. The summed E-state index contributed by atoms with van der Waals surface area (Å²) in [6.45, 7) is 2.29. The van der Waals surface area contributed by atoms with Gasteiger partial charge in [-0.3, -0.25) is 9.48 Å². The molecule has 0 fully saturated rings. The predicted octanol–water partition coefficient (Wildman–Crippen LogP) is 2.62. The Kier molecular flexibility index (Phi) is 4.39. The maximum Gasteiger partial charge on any atom is 0.259 e. The zero-order valence-corrected chi connectivity index (χ0v) is 13.3. The molecule has 0 aliphatic rings. The number of thiophene rings is 1. The third kappa shape index (κ3) is 2.44. The highest BCUT2D eigenvalue weighted by atomic mass is 35.5. The summed E-state index contributed by atoms with van der Waals surface area (Å²) in [5, 5.41) is 4.56. The summed E-state index contributed by atoms with van der Waals surface area (Å²) >= 11 is 13.6. The van der Waals surface area contributed by atoms with Gasteiger partial charge in [-0.15, -0.1) is 11.3 Å². The van der Waals surface area contributed by atoms with Gasteiger partial charge in [-0.2, -0.15) is 5.10 Å². The fourth-order valence-electron chi connectivity index (χ4n) is 2.10. The van der Waals surface area contributed by atoms with Gasteiger partial charge in [-0.1, -0.05) is 30.1 Å². The molecular weight excluding hydrogens is 319 g/mol. The lowest BCUT2D eigenvalue weighted by molar-refractivity contribution is 0.100. The van der Waals surface area contributed by atoms with E-state index in [9.17, 15) is 4.79 Å². The molecular formula is C12H14Cl2N4OS. The lowest BCUT2D eigenvalue weighted by Crippen LogP contribution is -2.16. The van der Waals surface area contributed by atoms with E-state index in [1.165, 1.54) is 6.20 Å². The van der Waals surface area contributed by atoms with Crippen LogP contribution in [0.4, 0.5) is 0 Å². The number of hydrogen-bond donors (Lipinski definition) is 2. The molecule has 1 atom stereocenters. The molecule has 5 nitrogen and oxygen atoms in total. The highest BCUT2D eigenvalue weighted by Gasteiger charge is 2.27. The number of primary amides is 1. The van der Waals surface area contributed by atoms with Crippen molar-refractivity contribution in [2.75, 3.05) is 6.54 Å². The number of aryl methyl sites for hydroxylation is 1. The van der Waals surface area contributed by atoms with E-state index in [2.05, 4.69) is 5.10 Å². The molecule has 2 rings (SSSR count). The minimum Gasteiger partial charge on any atom is -0.365 e. The molecule has 0 radical (unpaired) electrons. The number of amides is 1. The largest absolute Gasteiger partial charge is 0.365 e. The van der Waals surface area contributed by atoms with Gasteiger partial charge in [0.25, 0.3) is 5.91 Å². The second-order valence-corrected chi connectivity index (χ2v) is 6.49. The van der Waals surface area contributed by atoms with Crippen molar-refractivity contribution in [3.05, 3.63) is 26.0 Å². The summed E-state index contributed by atoms with van der Waals surface area (Å²) in [5.74, 6) is -0.584. The van der Waals surface area contributed by atoms with Crippen molar-refractivity contribution in [3.8, 4) is 11.3 Å². The number of nitrogens with zero attached hydrogens (tertiary/aromatic N) is 2. The Morgan fingerprint density at radius 1 is 1.55 bits per heavy atom. The number of carbonyl (C=O) groups excluding carboxylic acids is 1. The van der Waals surface area contributed by atoms with Crippen molar-refractivity contribution >= 4 is 40.4 Å². The van der Waals surface area contributed by atoms with Gasteiger partial charge in [0.05, 0.1) is 21.8 Å². The van der Waals surface area contributed by atoms with Crippen LogP contribution in [-0.2, 0) is 7.05 Å². The molecule has 108 valence electrons. The molecule has 0 bridgehead atoms. The summed E-state index contributed by atoms with van der Waals surface area (Å²) in [6, 6.07) is 0. The predicted molar refractivity (Wildman–Crippen MR) is 82.5 cm³/mol. The Labute approximate surface area is 130 Å². The zero-order chi connectivity index (χ0) is 15.0. The third-order valence-electron chi connectivity index (χ3n) is 3.10. The van der Waals surface area contributed by atoms with Crippen LogP contribution in [0.5, 0.6) is 0 Å². The van der Waals surface area contributed by atoms with Crippen LogP contribution in [0.25, 0.3) is 11.3 Å². The fraction of sp³-hybridized carbons (Fsp3) is 0.333. The standard InChI is InChI=1S/C12H14Cl2N4OS/c1-5(3-15)7-8(9-6(13)4-17-18(9)2)11(14)20-10(7)12(16)19/h4-5H,3,15H2,1-2H3,(H2,16,19)/t5-/m1/s1. The van der Waals surface area contributed by atoms with Gasteiger partial charge < -0.3 is 11.5 Å². The van der Waals surface area contributed by atoms with E-state index in [1.807, 2.05) is 6.92 Å². The average molecular weight is 333 g/mol. The van der Waals surface area contributed by atoms with E-state index >= 15 is 0 Å². The van der Waals surface area contributed by atoms with Crippen LogP contribution in [0.15, 0.2) is 6.20 Å². The number of rotatable bonds is 4. The summed E-state index contributed by atoms with van der Waals surface area (Å²) in [6.07, 6.45) is 1.53. The van der Waals surface area contributed by atoms with Gasteiger partial charge >= 0.3 is 0 Å². The summed E-state index contributed by atoms with van der Waals surface area (Å²) in [4.78, 5) is 12.0. The average Bonchev–Trinajstić information content (AvgIpc) is 2.89. The van der Waals surface area contributed by atoms with Crippen LogP contribution in [-0.4, -0.2) is 22.2 Å². The Morgan fingerprint density at radius 3 is 2.65 bits per heavy atom. The molecule has 0 unspecified atom stereocenters. The molecule has 2 heterocycles. The SMILES string of the molecule is C[C@H](CN)c1c(C(N)=O)sc(Cl)c1-c1c(Cl)cnn1C. The first-order chi connectivity index (χ1) is 9.38. The third-order valence-corrected chi connectivity index (χ3v) is 4.81. The van der Waals surface area contributed by atoms with E-state index in [0.29, 0.717) is 32.0 Å². The summed E-state index contributed by atoms with van der Waals surface area (Å²) in [7, 11) is 1.76. The number of hydrogen-bond acceptors (Lipinski definition) is 4. The number of nitrogens with two attached hydrogens (primary N) is 2. The Balaban J connectivity index is 2.79. The molecule has 0 aliphatic heterocycles. The van der Waals surface area contributed by atoms with Crippen LogP contribution in [0.1, 0.15) is 28.1 Å². The van der Waals surface area contributed by atoms with Crippen molar-refractivity contribution in [2.45, 2.75) is 12.8 Å². The molecule has 1 amide bonds. The minimum atomic E-state index is -0.517. The summed E-state index contributed by atoms with van der Waals surface area (Å²) < 4.78 is 2.08. The smallest absolute Gasteiger partial charge is 0.259 e. The van der Waals surface area contributed by atoms with Crippen molar-refractivity contribution < 1.29 is 4.79 Å². The van der Waals surface area contributed by atoms with E-state index in [0.717, 1.165) is 16.9 Å². The Morgan fingerprint density at radius 2 is 2.20 bits per heavy atom. The van der Waals surface area contributed by atoms with Crippen LogP contribution >= 0.6 is 34.5 Å². The minimum absolute atomic E-state index is 0.0674. The molecule has 0 saturated heterocycles. The van der Waals surface area contributed by atoms with Gasteiger partial charge in [0, 0.05) is 12.6 Å². The molecule has 8 heteroatoms. The second kappa shape index (κ2) is 5.73. The molecule has 0 aromatic carbocycles. The van der Waals surface area contributed by atoms with Gasteiger partial charge in [0.2, 0.25) is 0 Å². The van der Waals surface area contributed by atoms with E-state index in [1.54, 1.807) is 11.7 Å². The fourth-order valence-corrected chi connectivity index (χ4v) is 3.78. The van der Waals surface area contributed by atoms with Crippen molar-refractivity contribution in [1.82, 2.24) is 9.78 Å². The van der Waals surface area contributed by atoms with E-state index < -0.39 is 5.91 Å². The van der Waals surface area contributed by atoms with Gasteiger partial charge in [0.15, 0.2) is 0 Å². The monoisotopic (exact) mass is 332 g/mol. The Hall–Kier alpha value is -1.08. The van der Waals surface area contributed by atoms with Crippen LogP contribution in [0.3, 0.4) is 0 Å². The molecule has 0 aliphatic carbocycles. The van der Waals surface area contributed by atoms with Crippen molar-refractivity contribution in [1.29, 1.82) is 0 Å². The second-order valence-electron chi connectivity index (χ2n) is 4.46. The number of halogens is 2. The topological polar surface area (TPSA) is 86.9 Å². The molecule has 0 saturated carbocycles. The quantitative estimate of drug-likeness (QED) is 0.902. The van der Waals surface area contributed by atoms with Crippen LogP contribution < -0.4 is 11.5 Å². The van der Waals surface area contributed by atoms with Gasteiger partial charge in [0.1, 0.15) is 4.34 Å². The number of aromatic nitrogens is 2. The van der Waals surface area contributed by atoms with Gasteiger partial charge in [-0.25, -0.2) is 0 Å². The highest BCUT2D eigenvalue weighted by molar-refractivity contribution is 7.18. The first kappa shape index (κ1) is 15.3. The zero-order valence-electron chi connectivity index (χ0n) is 11.0. The van der Waals surface area contributed by atoms with Crippen LogP contribution in [0, 0.1) is 0 Å². The molecule has 2 aromatic heterocycles. The maximum absolute atomic E-state index is 11.6. The van der Waals surface area contributed by atoms with Crippen molar-refractivity contribution in [3.63, 3.8) is 0 Å². The first-order valence-electron chi connectivity index (χ1n) is 5.88. The maximum atomic E-state index is 11.6. The molecule has 2 aromatic rings. The van der Waals surface area contributed by atoms with Crippen molar-refractivity contribution in [2.24, 2.45) is 18.5 Å². The molecule has 20 heavy (non-hydrogen) atoms. The first-order valence-corrected chi connectivity index (χ1v) is 7.45. The lowest BCUT2D eigenvalue weighted by atomic mass is 9.95. The number of carbonyl (C=O) groups is 1. The molecule has 4 N–H and O–H groups in total. The van der Waals surface area contributed by atoms with E-state index in [-0.39, 0.29) is 5.92 Å². The normalized spacial score (nSPS) is 12.7. The lowest BCUT2D eigenvalue weighted by Gasteiger charge is -2.13. The van der Waals surface area contributed by atoms with E-state index in [4.69, 9.17) is 34.7 Å². The van der Waals surface area contributed by atoms with Gasteiger partial charge in [-0.05, 0) is 18.0 Å². The molecule has 0 spiro atoms. The van der Waals surface area contributed by atoms with Crippen LogP contribution in [0.2, 0.25) is 9.36 Å². The summed E-state index contributed by atoms with van der Waals surface area (Å²) in [5.41, 5.74) is 13.3. The Bertz CT molecular complexity index is 645.